The second kappa shape index (κ2) is 6.62. The molecule has 6 heteroatoms. The van der Waals surface area contributed by atoms with Crippen molar-refractivity contribution in [1.82, 2.24) is 0 Å². The molecule has 0 heterocycles. The Morgan fingerprint density at radius 2 is 1.71 bits per heavy atom. The number of ketones is 1. The number of non-ortho nitro benzene ring substituents is 1. The van der Waals surface area contributed by atoms with Gasteiger partial charge in [-0.3, -0.25) is 14.9 Å². The molecule has 0 saturated heterocycles. The van der Waals surface area contributed by atoms with Crippen LogP contribution in [0.4, 0.5) is 5.69 Å². The molecule has 0 bridgehead atoms. The Bertz CT molecular complexity index is 636. The van der Waals surface area contributed by atoms with Gasteiger partial charge >= 0.3 is 0 Å². The van der Waals surface area contributed by atoms with Gasteiger partial charge in [0.15, 0.2) is 5.78 Å². The summed E-state index contributed by atoms with van der Waals surface area (Å²) >= 11 is 0. The van der Waals surface area contributed by atoms with Crippen molar-refractivity contribution in [3.8, 4) is 5.75 Å². The van der Waals surface area contributed by atoms with E-state index in [9.17, 15) is 14.9 Å². The predicted octanol–water partition coefficient (Wildman–Crippen LogP) is 2.32. The number of benzene rings is 2. The van der Waals surface area contributed by atoms with E-state index in [1.54, 1.807) is 36.4 Å². The number of nitrogens with zero attached hydrogens (tertiary/aromatic N) is 1. The van der Waals surface area contributed by atoms with Crippen molar-refractivity contribution in [2.45, 2.75) is 6.61 Å². The number of carbonyl (C=O) groups excluding carboxylic acids is 1. The number of Topliss-reactive ketones (excluding diaryl/α,β-unsaturated/α-hetero) is 1. The number of nitrogens with two attached hydrogens (primary N) is 1. The number of nitro groups is 1. The van der Waals surface area contributed by atoms with Gasteiger partial charge in [-0.1, -0.05) is 0 Å². The predicted molar refractivity (Wildman–Crippen MR) is 77.3 cm³/mol. The topological polar surface area (TPSA) is 95.5 Å². The molecule has 0 aliphatic rings. The van der Waals surface area contributed by atoms with Gasteiger partial charge in [0.25, 0.3) is 5.69 Å². The number of hydrogen-bond donors (Lipinski definition) is 1. The molecule has 0 amide bonds. The minimum Gasteiger partial charge on any atom is -0.489 e. The van der Waals surface area contributed by atoms with E-state index in [0.29, 0.717) is 17.9 Å². The molecule has 2 aromatic rings. The number of ether oxygens (including phenoxy) is 1. The van der Waals surface area contributed by atoms with Crippen LogP contribution in [0.3, 0.4) is 0 Å². The molecule has 2 aromatic carbocycles. The Morgan fingerprint density at radius 1 is 1.10 bits per heavy atom. The van der Waals surface area contributed by atoms with E-state index in [0.717, 1.165) is 5.56 Å². The van der Waals surface area contributed by atoms with E-state index in [-0.39, 0.29) is 18.0 Å². The van der Waals surface area contributed by atoms with Gasteiger partial charge in [-0.2, -0.15) is 0 Å². The first kappa shape index (κ1) is 14.7. The summed E-state index contributed by atoms with van der Waals surface area (Å²) < 4.78 is 5.55. The van der Waals surface area contributed by atoms with Crippen LogP contribution < -0.4 is 10.5 Å². The summed E-state index contributed by atoms with van der Waals surface area (Å²) in [6.07, 6.45) is 0. The monoisotopic (exact) mass is 286 g/mol. The van der Waals surface area contributed by atoms with Gasteiger partial charge in [-0.15, -0.1) is 0 Å². The van der Waals surface area contributed by atoms with Crippen molar-refractivity contribution in [3.05, 3.63) is 69.8 Å². The maximum Gasteiger partial charge on any atom is 0.269 e. The van der Waals surface area contributed by atoms with Crippen molar-refractivity contribution >= 4 is 11.5 Å². The fourth-order valence-corrected chi connectivity index (χ4v) is 1.74. The molecule has 0 atom stereocenters. The highest BCUT2D eigenvalue weighted by Gasteiger charge is 2.05. The van der Waals surface area contributed by atoms with E-state index in [1.807, 2.05) is 0 Å². The van der Waals surface area contributed by atoms with Crippen LogP contribution in [0.5, 0.6) is 5.75 Å². The Balaban J connectivity index is 1.96. The van der Waals surface area contributed by atoms with Gasteiger partial charge in [-0.25, -0.2) is 0 Å². The quantitative estimate of drug-likeness (QED) is 0.499. The summed E-state index contributed by atoms with van der Waals surface area (Å²) in [6, 6.07) is 12.8. The zero-order valence-corrected chi connectivity index (χ0v) is 11.2. The third-order valence-electron chi connectivity index (χ3n) is 2.91. The van der Waals surface area contributed by atoms with Gasteiger partial charge in [0.2, 0.25) is 0 Å². The molecule has 2 rings (SSSR count). The summed E-state index contributed by atoms with van der Waals surface area (Å²) in [4.78, 5) is 21.5. The number of nitro benzene ring substituents is 1. The van der Waals surface area contributed by atoms with Crippen LogP contribution in [-0.4, -0.2) is 17.3 Å². The molecule has 0 saturated carbocycles. The van der Waals surface area contributed by atoms with Crippen LogP contribution >= 0.6 is 0 Å². The van der Waals surface area contributed by atoms with Crippen LogP contribution in [0.15, 0.2) is 48.5 Å². The molecule has 0 radical (unpaired) electrons. The van der Waals surface area contributed by atoms with Crippen molar-refractivity contribution < 1.29 is 14.5 Å². The van der Waals surface area contributed by atoms with E-state index < -0.39 is 4.92 Å². The standard InChI is InChI=1S/C15H14N2O4/c16-9-15(18)12-3-7-14(8-4-12)21-10-11-1-5-13(6-2-11)17(19)20/h1-8H,9-10,16H2. The lowest BCUT2D eigenvalue weighted by Gasteiger charge is -2.07. The fourth-order valence-electron chi connectivity index (χ4n) is 1.74. The highest BCUT2D eigenvalue weighted by atomic mass is 16.6. The van der Waals surface area contributed by atoms with Crippen molar-refractivity contribution in [2.75, 3.05) is 6.54 Å². The first-order chi connectivity index (χ1) is 10.1. The molecule has 21 heavy (non-hydrogen) atoms. The number of carbonyl (C=O) groups is 1. The Kier molecular flexibility index (Phi) is 4.63. The van der Waals surface area contributed by atoms with E-state index >= 15 is 0 Å². The second-order valence-corrected chi connectivity index (χ2v) is 4.36. The lowest BCUT2D eigenvalue weighted by atomic mass is 10.1. The highest BCUT2D eigenvalue weighted by molar-refractivity contribution is 5.97. The molecule has 0 unspecified atom stereocenters. The van der Waals surface area contributed by atoms with Crippen molar-refractivity contribution in [1.29, 1.82) is 0 Å². The molecule has 0 aliphatic heterocycles. The molecule has 0 aliphatic carbocycles. The summed E-state index contributed by atoms with van der Waals surface area (Å²) in [6.45, 7) is 0.269. The molecular formula is C15H14N2O4. The zero-order chi connectivity index (χ0) is 15.2. The molecule has 108 valence electrons. The maximum absolute atomic E-state index is 11.4. The summed E-state index contributed by atoms with van der Waals surface area (Å²) in [5, 5.41) is 10.5. The van der Waals surface area contributed by atoms with Crippen molar-refractivity contribution in [3.63, 3.8) is 0 Å². The smallest absolute Gasteiger partial charge is 0.269 e. The first-order valence-corrected chi connectivity index (χ1v) is 6.29. The van der Waals surface area contributed by atoms with Crippen LogP contribution in [-0.2, 0) is 6.61 Å². The summed E-state index contributed by atoms with van der Waals surface area (Å²) in [5.41, 5.74) is 6.69. The third-order valence-corrected chi connectivity index (χ3v) is 2.91. The molecule has 6 nitrogen and oxygen atoms in total. The van der Waals surface area contributed by atoms with E-state index in [4.69, 9.17) is 10.5 Å². The SMILES string of the molecule is NCC(=O)c1ccc(OCc2ccc([N+](=O)[O-])cc2)cc1. The molecular weight excluding hydrogens is 272 g/mol. The second-order valence-electron chi connectivity index (χ2n) is 4.36. The number of rotatable bonds is 6. The minimum absolute atomic E-state index is 0.0248. The van der Waals surface area contributed by atoms with Gasteiger partial charge in [0.05, 0.1) is 11.5 Å². The van der Waals surface area contributed by atoms with Crippen LogP contribution in [0.1, 0.15) is 15.9 Å². The molecule has 0 spiro atoms. The van der Waals surface area contributed by atoms with E-state index in [2.05, 4.69) is 0 Å². The average molecular weight is 286 g/mol. The largest absolute Gasteiger partial charge is 0.489 e. The summed E-state index contributed by atoms with van der Waals surface area (Å²) in [7, 11) is 0. The van der Waals surface area contributed by atoms with Gasteiger partial charge < -0.3 is 10.5 Å². The fraction of sp³-hybridized carbons (Fsp3) is 0.133. The highest BCUT2D eigenvalue weighted by Crippen LogP contribution is 2.16. The third kappa shape index (κ3) is 3.87. The Hall–Kier alpha value is -2.73. The first-order valence-electron chi connectivity index (χ1n) is 6.29. The van der Waals surface area contributed by atoms with Crippen LogP contribution in [0, 0.1) is 10.1 Å². The van der Waals surface area contributed by atoms with Crippen LogP contribution in [0.25, 0.3) is 0 Å². The average Bonchev–Trinajstić information content (AvgIpc) is 2.53. The number of hydrogen-bond acceptors (Lipinski definition) is 5. The Morgan fingerprint density at radius 3 is 2.24 bits per heavy atom. The molecule has 0 fully saturated rings. The molecule has 2 N–H and O–H groups in total. The summed E-state index contributed by atoms with van der Waals surface area (Å²) in [5.74, 6) is 0.485. The lowest BCUT2D eigenvalue weighted by Crippen LogP contribution is -2.13. The zero-order valence-electron chi connectivity index (χ0n) is 11.2. The van der Waals surface area contributed by atoms with Crippen LogP contribution in [0.2, 0.25) is 0 Å². The van der Waals surface area contributed by atoms with Gasteiger partial charge in [0.1, 0.15) is 12.4 Å². The van der Waals surface area contributed by atoms with E-state index in [1.165, 1.54) is 12.1 Å². The van der Waals surface area contributed by atoms with Gasteiger partial charge in [0, 0.05) is 17.7 Å². The Labute approximate surface area is 121 Å². The minimum atomic E-state index is -0.447. The lowest BCUT2D eigenvalue weighted by molar-refractivity contribution is -0.384. The molecule has 0 aromatic heterocycles. The maximum atomic E-state index is 11.4. The van der Waals surface area contributed by atoms with Gasteiger partial charge in [-0.05, 0) is 42.0 Å². The normalized spacial score (nSPS) is 10.1. The van der Waals surface area contributed by atoms with Crippen molar-refractivity contribution in [2.24, 2.45) is 5.73 Å².